The van der Waals surface area contributed by atoms with Crippen LogP contribution in [0.4, 0.5) is 0 Å². The molecule has 0 bridgehead atoms. The van der Waals surface area contributed by atoms with Gasteiger partial charge in [0.1, 0.15) is 0 Å². The maximum absolute atomic E-state index is 5.64. The van der Waals surface area contributed by atoms with Gasteiger partial charge in [0, 0.05) is 18.0 Å². The van der Waals surface area contributed by atoms with Crippen LogP contribution in [0, 0.1) is 0 Å². The van der Waals surface area contributed by atoms with Crippen LogP contribution in [0.3, 0.4) is 0 Å². The van der Waals surface area contributed by atoms with Crippen LogP contribution in [-0.2, 0) is 4.84 Å². The fourth-order valence-electron chi connectivity index (χ4n) is 2.29. The third kappa shape index (κ3) is 3.43. The molecule has 0 aliphatic carbocycles. The lowest BCUT2D eigenvalue weighted by Crippen LogP contribution is -2.14. The quantitative estimate of drug-likeness (QED) is 0.888. The Balaban J connectivity index is 1.85. The molecule has 120 valence electrons. The van der Waals surface area contributed by atoms with Crippen molar-refractivity contribution in [3.8, 4) is 11.5 Å². The van der Waals surface area contributed by atoms with Gasteiger partial charge in [0.15, 0.2) is 17.7 Å². The second kappa shape index (κ2) is 7.11. The Labute approximate surface area is 135 Å². The van der Waals surface area contributed by atoms with Gasteiger partial charge < -0.3 is 14.3 Å². The molecule has 6 heteroatoms. The monoisotopic (exact) mass is 313 g/mol. The Kier molecular flexibility index (Phi) is 4.73. The first-order chi connectivity index (χ1) is 11.3. The van der Waals surface area contributed by atoms with Gasteiger partial charge in [0.2, 0.25) is 5.90 Å². The van der Waals surface area contributed by atoms with E-state index < -0.39 is 0 Å². The van der Waals surface area contributed by atoms with Gasteiger partial charge in [-0.2, -0.15) is 0 Å². The first-order valence-corrected chi connectivity index (χ1v) is 7.62. The van der Waals surface area contributed by atoms with E-state index in [1.54, 1.807) is 12.4 Å². The molecule has 0 fully saturated rings. The number of hydroxylamine groups is 1. The van der Waals surface area contributed by atoms with Crippen molar-refractivity contribution in [2.45, 2.75) is 20.0 Å². The summed E-state index contributed by atoms with van der Waals surface area (Å²) in [6.07, 6.45) is 3.22. The van der Waals surface area contributed by atoms with Gasteiger partial charge in [0.25, 0.3) is 0 Å². The van der Waals surface area contributed by atoms with Crippen LogP contribution in [0.2, 0.25) is 0 Å². The van der Waals surface area contributed by atoms with Crippen molar-refractivity contribution >= 4 is 5.90 Å². The molecule has 1 unspecified atom stereocenters. The van der Waals surface area contributed by atoms with Crippen LogP contribution >= 0.6 is 0 Å². The van der Waals surface area contributed by atoms with E-state index >= 15 is 0 Å². The highest BCUT2D eigenvalue weighted by atomic mass is 16.7. The molecule has 1 N–H and O–H groups in total. The van der Waals surface area contributed by atoms with Crippen molar-refractivity contribution < 1.29 is 14.3 Å². The van der Waals surface area contributed by atoms with E-state index in [9.17, 15) is 0 Å². The molecule has 1 aliphatic heterocycles. The number of nitrogens with one attached hydrogen (secondary N) is 1. The van der Waals surface area contributed by atoms with Gasteiger partial charge in [-0.1, -0.05) is 0 Å². The summed E-state index contributed by atoms with van der Waals surface area (Å²) in [4.78, 5) is 14.1. The van der Waals surface area contributed by atoms with Gasteiger partial charge in [0.05, 0.1) is 13.2 Å². The second-order valence-electron chi connectivity index (χ2n) is 4.86. The summed E-state index contributed by atoms with van der Waals surface area (Å²) in [6.45, 7) is 5.03. The smallest absolute Gasteiger partial charge is 0.242 e. The first-order valence-electron chi connectivity index (χ1n) is 7.62. The van der Waals surface area contributed by atoms with Crippen molar-refractivity contribution in [2.24, 2.45) is 4.99 Å². The molecule has 1 atom stereocenters. The van der Waals surface area contributed by atoms with E-state index in [-0.39, 0.29) is 6.17 Å². The van der Waals surface area contributed by atoms with E-state index in [0.717, 1.165) is 16.9 Å². The Morgan fingerprint density at radius 1 is 1.04 bits per heavy atom. The zero-order valence-corrected chi connectivity index (χ0v) is 13.2. The minimum absolute atomic E-state index is 0.241. The van der Waals surface area contributed by atoms with Gasteiger partial charge >= 0.3 is 0 Å². The number of hydrogen-bond acceptors (Lipinski definition) is 6. The SMILES string of the molecule is CCOc1ccc(C2=NC(c3ccncc3)NO2)cc1OCC. The highest BCUT2D eigenvalue weighted by Crippen LogP contribution is 2.30. The number of ether oxygens (including phenoxy) is 2. The third-order valence-corrected chi connectivity index (χ3v) is 3.33. The second-order valence-corrected chi connectivity index (χ2v) is 4.86. The van der Waals surface area contributed by atoms with Gasteiger partial charge in [-0.25, -0.2) is 4.99 Å². The summed E-state index contributed by atoms with van der Waals surface area (Å²) < 4.78 is 11.2. The number of hydrogen-bond donors (Lipinski definition) is 1. The van der Waals surface area contributed by atoms with Crippen LogP contribution in [-0.4, -0.2) is 24.1 Å². The van der Waals surface area contributed by atoms with Gasteiger partial charge in [-0.05, 0) is 49.7 Å². The van der Waals surface area contributed by atoms with Crippen LogP contribution in [0.1, 0.15) is 31.1 Å². The first kappa shape index (κ1) is 15.3. The number of pyridine rings is 1. The summed E-state index contributed by atoms with van der Waals surface area (Å²) in [5.41, 5.74) is 4.74. The number of aromatic nitrogens is 1. The number of nitrogens with zero attached hydrogens (tertiary/aromatic N) is 2. The molecular formula is C17H19N3O3. The molecule has 2 heterocycles. The maximum Gasteiger partial charge on any atom is 0.242 e. The molecule has 1 aliphatic rings. The van der Waals surface area contributed by atoms with Gasteiger partial charge in [-0.15, -0.1) is 5.48 Å². The van der Waals surface area contributed by atoms with E-state index in [2.05, 4.69) is 15.5 Å². The van der Waals surface area contributed by atoms with E-state index in [1.807, 2.05) is 44.2 Å². The zero-order chi connectivity index (χ0) is 16.1. The standard InChI is InChI=1S/C17H19N3O3/c1-3-21-14-6-5-13(11-15(14)22-4-2)17-19-16(20-23-17)12-7-9-18-10-8-12/h5-11,16,20H,3-4H2,1-2H3. The van der Waals surface area contributed by atoms with Crippen molar-refractivity contribution in [2.75, 3.05) is 13.2 Å². The fraction of sp³-hybridized carbons (Fsp3) is 0.294. The average molecular weight is 313 g/mol. The largest absolute Gasteiger partial charge is 0.490 e. The highest BCUT2D eigenvalue weighted by Gasteiger charge is 2.22. The molecule has 2 aromatic rings. The predicted octanol–water partition coefficient (Wildman–Crippen LogP) is 2.86. The highest BCUT2D eigenvalue weighted by molar-refractivity contribution is 5.95. The summed E-state index contributed by atoms with van der Waals surface area (Å²) in [5.74, 6) is 1.93. The van der Waals surface area contributed by atoms with Gasteiger partial charge in [-0.3, -0.25) is 4.98 Å². The summed E-state index contributed by atoms with van der Waals surface area (Å²) in [5, 5.41) is 0. The fourth-order valence-corrected chi connectivity index (χ4v) is 2.29. The number of rotatable bonds is 6. The number of benzene rings is 1. The molecule has 0 amide bonds. The third-order valence-electron chi connectivity index (χ3n) is 3.33. The van der Waals surface area contributed by atoms with Crippen LogP contribution in [0.25, 0.3) is 0 Å². The van der Waals surface area contributed by atoms with Crippen molar-refractivity contribution in [1.82, 2.24) is 10.5 Å². The summed E-state index contributed by atoms with van der Waals surface area (Å²) >= 11 is 0. The molecule has 3 rings (SSSR count). The van der Waals surface area contributed by atoms with Crippen molar-refractivity contribution in [1.29, 1.82) is 0 Å². The minimum Gasteiger partial charge on any atom is -0.490 e. The van der Waals surface area contributed by atoms with E-state index in [0.29, 0.717) is 24.9 Å². The van der Waals surface area contributed by atoms with Crippen molar-refractivity contribution in [3.63, 3.8) is 0 Å². The average Bonchev–Trinajstić information content (AvgIpc) is 3.08. The lowest BCUT2D eigenvalue weighted by molar-refractivity contribution is 0.180. The van der Waals surface area contributed by atoms with Crippen LogP contribution in [0.5, 0.6) is 11.5 Å². The van der Waals surface area contributed by atoms with Crippen LogP contribution in [0.15, 0.2) is 47.7 Å². The molecule has 23 heavy (non-hydrogen) atoms. The molecule has 0 radical (unpaired) electrons. The lowest BCUT2D eigenvalue weighted by atomic mass is 10.2. The van der Waals surface area contributed by atoms with E-state index in [1.165, 1.54) is 0 Å². The Hall–Kier alpha value is -2.60. The Morgan fingerprint density at radius 2 is 1.78 bits per heavy atom. The zero-order valence-electron chi connectivity index (χ0n) is 13.2. The lowest BCUT2D eigenvalue weighted by Gasteiger charge is -2.11. The molecule has 1 aromatic carbocycles. The molecular weight excluding hydrogens is 294 g/mol. The molecule has 0 saturated carbocycles. The minimum atomic E-state index is -0.241. The number of aliphatic imine (C=N–C) groups is 1. The Bertz CT molecular complexity index is 689. The maximum atomic E-state index is 5.64. The molecule has 0 spiro atoms. The summed E-state index contributed by atoms with van der Waals surface area (Å²) in [7, 11) is 0. The van der Waals surface area contributed by atoms with Crippen molar-refractivity contribution in [3.05, 3.63) is 53.9 Å². The van der Waals surface area contributed by atoms with Crippen LogP contribution < -0.4 is 15.0 Å². The van der Waals surface area contributed by atoms with E-state index in [4.69, 9.17) is 14.3 Å². The topological polar surface area (TPSA) is 65.0 Å². The molecule has 6 nitrogen and oxygen atoms in total. The predicted molar refractivity (Wildman–Crippen MR) is 86.5 cm³/mol. The normalized spacial score (nSPS) is 16.6. The summed E-state index contributed by atoms with van der Waals surface area (Å²) in [6, 6.07) is 9.46. The Morgan fingerprint density at radius 3 is 2.52 bits per heavy atom. The molecule has 0 saturated heterocycles. The molecule has 1 aromatic heterocycles.